The van der Waals surface area contributed by atoms with Crippen molar-refractivity contribution in [1.29, 1.82) is 0 Å². The number of hydrogen-bond acceptors (Lipinski definition) is 4. The molecule has 96 valence electrons. The fraction of sp³-hybridized carbons (Fsp3) is 0.100. The Labute approximate surface area is 112 Å². The molecule has 0 aliphatic carbocycles. The van der Waals surface area contributed by atoms with Crippen LogP contribution in [-0.2, 0) is 4.79 Å². The van der Waals surface area contributed by atoms with Gasteiger partial charge in [0, 0.05) is 11.6 Å². The van der Waals surface area contributed by atoms with Gasteiger partial charge in [-0.2, -0.15) is 0 Å². The van der Waals surface area contributed by atoms with Gasteiger partial charge in [-0.15, -0.1) is 0 Å². The summed E-state index contributed by atoms with van der Waals surface area (Å²) in [6, 6.07) is 2.82. The number of benzene rings is 1. The highest BCUT2D eigenvalue weighted by molar-refractivity contribution is 6.43. The molecule has 1 aromatic carbocycles. The predicted octanol–water partition coefficient (Wildman–Crippen LogP) is 2.70. The smallest absolute Gasteiger partial charge is 0.341 e. The van der Waals surface area contributed by atoms with Gasteiger partial charge in [0.25, 0.3) is 0 Å². The van der Waals surface area contributed by atoms with Crippen LogP contribution in [0.4, 0.5) is 0 Å². The number of nitro groups is 1. The summed E-state index contributed by atoms with van der Waals surface area (Å²) in [5, 5.41) is 18.7. The van der Waals surface area contributed by atoms with Crippen LogP contribution in [0.25, 0.3) is 6.08 Å². The van der Waals surface area contributed by atoms with Crippen LogP contribution in [0.5, 0.6) is 5.75 Å². The number of ether oxygens (including phenoxy) is 1. The zero-order valence-corrected chi connectivity index (χ0v) is 10.3. The first-order valence-electron chi connectivity index (χ1n) is 4.56. The molecule has 0 bridgehead atoms. The maximum absolute atomic E-state index is 10.3. The Hall–Kier alpha value is -1.79. The third-order valence-corrected chi connectivity index (χ3v) is 2.68. The predicted molar refractivity (Wildman–Crippen MR) is 65.6 cm³/mol. The average Bonchev–Trinajstić information content (AvgIpc) is 2.29. The topological polar surface area (TPSA) is 89.7 Å². The van der Waals surface area contributed by atoms with Crippen molar-refractivity contribution in [2.24, 2.45) is 0 Å². The fourth-order valence-corrected chi connectivity index (χ4v) is 1.51. The molecule has 6 nitrogen and oxygen atoms in total. The van der Waals surface area contributed by atoms with Crippen molar-refractivity contribution < 1.29 is 19.6 Å². The lowest BCUT2D eigenvalue weighted by Gasteiger charge is -2.08. The van der Waals surface area contributed by atoms with E-state index in [9.17, 15) is 14.9 Å². The highest BCUT2D eigenvalue weighted by Crippen LogP contribution is 2.35. The summed E-state index contributed by atoms with van der Waals surface area (Å²) in [7, 11) is 0. The van der Waals surface area contributed by atoms with Crippen LogP contribution in [0.3, 0.4) is 0 Å². The number of carboxylic acids is 1. The lowest BCUT2D eigenvalue weighted by atomic mass is 10.2. The van der Waals surface area contributed by atoms with Gasteiger partial charge in [0.1, 0.15) is 10.8 Å². The molecule has 0 aromatic heterocycles. The number of nitrogens with zero attached hydrogens (tertiary/aromatic N) is 1. The molecule has 0 aliphatic rings. The summed E-state index contributed by atoms with van der Waals surface area (Å²) < 4.78 is 4.89. The normalized spacial score (nSPS) is 10.6. The quantitative estimate of drug-likeness (QED) is 0.665. The fourth-order valence-electron chi connectivity index (χ4n) is 1.07. The SMILES string of the molecule is O=C(O)COc1ccc(/C=C/[N+](=O)[O-])c(Cl)c1Cl. The third kappa shape index (κ3) is 3.90. The Kier molecular flexibility index (Phi) is 4.94. The zero-order valence-electron chi connectivity index (χ0n) is 8.80. The Balaban J connectivity index is 2.97. The highest BCUT2D eigenvalue weighted by Gasteiger charge is 2.11. The number of carboxylic acid groups (broad SMARTS) is 1. The van der Waals surface area contributed by atoms with Crippen LogP contribution in [-0.4, -0.2) is 22.6 Å². The van der Waals surface area contributed by atoms with Crippen LogP contribution in [0.2, 0.25) is 10.0 Å². The van der Waals surface area contributed by atoms with Crippen LogP contribution in [0.15, 0.2) is 18.3 Å². The largest absolute Gasteiger partial charge is 0.480 e. The minimum Gasteiger partial charge on any atom is -0.480 e. The molecule has 0 spiro atoms. The third-order valence-electron chi connectivity index (χ3n) is 1.80. The van der Waals surface area contributed by atoms with Crippen LogP contribution in [0.1, 0.15) is 5.56 Å². The van der Waals surface area contributed by atoms with Crippen molar-refractivity contribution in [3.05, 3.63) is 44.1 Å². The first-order chi connectivity index (χ1) is 8.41. The minimum absolute atomic E-state index is 0.00316. The van der Waals surface area contributed by atoms with Gasteiger partial charge in [-0.3, -0.25) is 10.1 Å². The summed E-state index contributed by atoms with van der Waals surface area (Å²) in [4.78, 5) is 19.9. The second kappa shape index (κ2) is 6.23. The van der Waals surface area contributed by atoms with E-state index in [1.807, 2.05) is 0 Å². The van der Waals surface area contributed by atoms with Gasteiger partial charge in [-0.25, -0.2) is 4.79 Å². The molecule has 8 heteroatoms. The molecule has 0 heterocycles. The standard InChI is InChI=1S/C10H7Cl2NO5/c11-9-6(3-4-13(16)17)1-2-7(10(9)12)18-5-8(14)15/h1-4H,5H2,(H,14,15)/b4-3+. The number of rotatable bonds is 5. The van der Waals surface area contributed by atoms with E-state index in [0.29, 0.717) is 5.56 Å². The van der Waals surface area contributed by atoms with Gasteiger partial charge in [0.15, 0.2) is 6.61 Å². The number of hydrogen-bond donors (Lipinski definition) is 1. The molecule has 0 saturated carbocycles. The van der Waals surface area contributed by atoms with E-state index < -0.39 is 17.5 Å². The lowest BCUT2D eigenvalue weighted by Crippen LogP contribution is -2.09. The number of halogens is 2. The average molecular weight is 292 g/mol. The van der Waals surface area contributed by atoms with Gasteiger partial charge in [-0.05, 0) is 12.1 Å². The van der Waals surface area contributed by atoms with E-state index in [1.54, 1.807) is 0 Å². The van der Waals surface area contributed by atoms with Crippen molar-refractivity contribution in [1.82, 2.24) is 0 Å². The Morgan fingerprint density at radius 1 is 1.44 bits per heavy atom. The van der Waals surface area contributed by atoms with E-state index >= 15 is 0 Å². The molecule has 1 N–H and O–H groups in total. The van der Waals surface area contributed by atoms with Gasteiger partial charge >= 0.3 is 5.97 Å². The van der Waals surface area contributed by atoms with Gasteiger partial charge in [0.05, 0.1) is 9.95 Å². The first kappa shape index (κ1) is 14.3. The monoisotopic (exact) mass is 291 g/mol. The second-order valence-electron chi connectivity index (χ2n) is 3.06. The van der Waals surface area contributed by atoms with E-state index in [-0.39, 0.29) is 15.8 Å². The molecule has 0 saturated heterocycles. The highest BCUT2D eigenvalue weighted by atomic mass is 35.5. The van der Waals surface area contributed by atoms with Crippen molar-refractivity contribution in [3.8, 4) is 5.75 Å². The lowest BCUT2D eigenvalue weighted by molar-refractivity contribution is -0.400. The van der Waals surface area contributed by atoms with Crippen LogP contribution >= 0.6 is 23.2 Å². The number of aliphatic carboxylic acids is 1. The van der Waals surface area contributed by atoms with Crippen molar-refractivity contribution >= 4 is 35.2 Å². The van der Waals surface area contributed by atoms with E-state index in [4.69, 9.17) is 33.0 Å². The minimum atomic E-state index is -1.15. The maximum Gasteiger partial charge on any atom is 0.341 e. The summed E-state index contributed by atoms with van der Waals surface area (Å²) in [5.41, 5.74) is 0.334. The molecule has 0 unspecified atom stereocenters. The van der Waals surface area contributed by atoms with Crippen molar-refractivity contribution in [2.45, 2.75) is 0 Å². The molecule has 0 fully saturated rings. The zero-order chi connectivity index (χ0) is 13.7. The maximum atomic E-state index is 10.3. The Morgan fingerprint density at radius 2 is 2.11 bits per heavy atom. The van der Waals surface area contributed by atoms with Gasteiger partial charge < -0.3 is 9.84 Å². The Morgan fingerprint density at radius 3 is 2.67 bits per heavy atom. The molecule has 0 amide bonds. The summed E-state index contributed by atoms with van der Waals surface area (Å²) in [5.74, 6) is -1.05. The summed E-state index contributed by atoms with van der Waals surface area (Å²) in [6.45, 7) is -0.555. The molecule has 0 aliphatic heterocycles. The summed E-state index contributed by atoms with van der Waals surface area (Å²) >= 11 is 11.7. The molecule has 0 radical (unpaired) electrons. The number of carbonyl (C=O) groups is 1. The molecular weight excluding hydrogens is 285 g/mol. The first-order valence-corrected chi connectivity index (χ1v) is 5.31. The van der Waals surface area contributed by atoms with E-state index in [1.165, 1.54) is 18.2 Å². The van der Waals surface area contributed by atoms with E-state index in [0.717, 1.165) is 6.20 Å². The van der Waals surface area contributed by atoms with Gasteiger partial charge in [-0.1, -0.05) is 23.2 Å². The van der Waals surface area contributed by atoms with E-state index in [2.05, 4.69) is 0 Å². The van der Waals surface area contributed by atoms with Crippen LogP contribution in [0, 0.1) is 10.1 Å². The molecule has 18 heavy (non-hydrogen) atoms. The summed E-state index contributed by atoms with van der Waals surface area (Å²) in [6.07, 6.45) is 1.89. The van der Waals surface area contributed by atoms with Crippen LogP contribution < -0.4 is 4.74 Å². The Bertz CT molecular complexity index is 515. The van der Waals surface area contributed by atoms with Crippen molar-refractivity contribution in [3.63, 3.8) is 0 Å². The molecule has 0 atom stereocenters. The van der Waals surface area contributed by atoms with Crippen molar-refractivity contribution in [2.75, 3.05) is 6.61 Å². The molecule has 1 aromatic rings. The van der Waals surface area contributed by atoms with Gasteiger partial charge in [0.2, 0.25) is 6.20 Å². The second-order valence-corrected chi connectivity index (χ2v) is 3.82. The molecular formula is C10H7Cl2NO5. The molecule has 1 rings (SSSR count).